The van der Waals surface area contributed by atoms with Crippen LogP contribution in [-0.2, 0) is 14.3 Å². The highest BCUT2D eigenvalue weighted by atomic mass is 16.5. The molecule has 0 aromatic heterocycles. The van der Waals surface area contributed by atoms with E-state index in [9.17, 15) is 9.59 Å². The van der Waals surface area contributed by atoms with E-state index in [1.54, 1.807) is 42.7 Å². The van der Waals surface area contributed by atoms with Gasteiger partial charge in [-0.15, -0.1) is 5.26 Å². The second kappa shape index (κ2) is 11.7. The normalized spacial score (nSPS) is 10.4. The number of anilines is 3. The van der Waals surface area contributed by atoms with E-state index in [1.807, 2.05) is 36.4 Å². The van der Waals surface area contributed by atoms with Crippen molar-refractivity contribution in [3.8, 4) is 23.1 Å². The Bertz CT molecular complexity index is 1210. The summed E-state index contributed by atoms with van der Waals surface area (Å²) >= 11 is 0. The number of rotatable bonds is 9. The van der Waals surface area contributed by atoms with Gasteiger partial charge >= 0.3 is 5.97 Å². The van der Waals surface area contributed by atoms with E-state index in [4.69, 9.17) is 26.2 Å². The molecule has 8 nitrogen and oxygen atoms in total. The molecular weight excluding hydrogens is 432 g/mol. The Morgan fingerprint density at radius 3 is 2.32 bits per heavy atom. The van der Waals surface area contributed by atoms with E-state index >= 15 is 0 Å². The average Bonchev–Trinajstić information content (AvgIpc) is 2.84. The first kappa shape index (κ1) is 23.9. The Morgan fingerprint density at radius 2 is 1.65 bits per heavy atom. The number of nitriles is 1. The van der Waals surface area contributed by atoms with Crippen LogP contribution in [0.5, 0.6) is 5.75 Å². The molecule has 34 heavy (non-hydrogen) atoms. The minimum absolute atomic E-state index is 0.119. The molecule has 1 amide bonds. The smallest absolute Gasteiger partial charge is 0.330 e. The number of nitrogen functional groups attached to an aromatic ring is 2. The van der Waals surface area contributed by atoms with Gasteiger partial charge < -0.3 is 26.3 Å². The van der Waals surface area contributed by atoms with E-state index in [0.717, 1.165) is 16.7 Å². The minimum atomic E-state index is -0.488. The van der Waals surface area contributed by atoms with E-state index < -0.39 is 5.97 Å². The first-order valence-corrected chi connectivity index (χ1v) is 10.5. The lowest BCUT2D eigenvalue weighted by Gasteiger charge is -2.09. The summed E-state index contributed by atoms with van der Waals surface area (Å²) < 4.78 is 9.92. The third-order valence-corrected chi connectivity index (χ3v) is 4.82. The molecule has 3 aromatic carbocycles. The molecule has 0 unspecified atom stereocenters. The van der Waals surface area contributed by atoms with Crippen LogP contribution in [0.2, 0.25) is 0 Å². The summed E-state index contributed by atoms with van der Waals surface area (Å²) in [4.78, 5) is 24.0. The average molecular weight is 457 g/mol. The molecule has 0 heterocycles. The second-order valence-electron chi connectivity index (χ2n) is 7.34. The zero-order valence-electron chi connectivity index (χ0n) is 18.4. The van der Waals surface area contributed by atoms with Gasteiger partial charge in [-0.05, 0) is 59.5 Å². The van der Waals surface area contributed by atoms with Crippen molar-refractivity contribution < 1.29 is 19.1 Å². The molecule has 8 heteroatoms. The third-order valence-electron chi connectivity index (χ3n) is 4.82. The van der Waals surface area contributed by atoms with Crippen LogP contribution < -0.4 is 21.5 Å². The van der Waals surface area contributed by atoms with Gasteiger partial charge in [-0.2, -0.15) is 0 Å². The first-order valence-electron chi connectivity index (χ1n) is 10.5. The monoisotopic (exact) mass is 456 g/mol. The summed E-state index contributed by atoms with van der Waals surface area (Å²) in [5, 5.41) is 11.2. The molecule has 0 bridgehead atoms. The lowest BCUT2D eigenvalue weighted by molar-refractivity contribution is -0.138. The second-order valence-corrected chi connectivity index (χ2v) is 7.34. The maximum Gasteiger partial charge on any atom is 0.330 e. The van der Waals surface area contributed by atoms with Gasteiger partial charge in [-0.25, -0.2) is 4.79 Å². The van der Waals surface area contributed by atoms with Crippen molar-refractivity contribution >= 4 is 35.0 Å². The molecule has 0 fully saturated rings. The summed E-state index contributed by atoms with van der Waals surface area (Å²) in [6, 6.07) is 19.6. The van der Waals surface area contributed by atoms with Crippen molar-refractivity contribution in [1.82, 2.24) is 0 Å². The van der Waals surface area contributed by atoms with E-state index in [1.165, 1.54) is 6.08 Å². The molecule has 172 valence electrons. The number of esters is 1. The SMILES string of the molecule is N#COc1ccc(-c2ccc(/C=C/C(=O)OCCCC(=O)Nc3cc(N)ccc3N)cc2)cc1. The van der Waals surface area contributed by atoms with Crippen LogP contribution in [0.1, 0.15) is 18.4 Å². The molecule has 5 N–H and O–H groups in total. The highest BCUT2D eigenvalue weighted by Crippen LogP contribution is 2.23. The number of carbonyl (C=O) groups excluding carboxylic acids is 2. The van der Waals surface area contributed by atoms with Crippen LogP contribution in [-0.4, -0.2) is 18.5 Å². The highest BCUT2D eigenvalue weighted by molar-refractivity contribution is 5.94. The van der Waals surface area contributed by atoms with Crippen LogP contribution >= 0.6 is 0 Å². The molecule has 0 saturated heterocycles. The Kier molecular flexibility index (Phi) is 8.25. The number of amides is 1. The van der Waals surface area contributed by atoms with Gasteiger partial charge in [0.15, 0.2) is 0 Å². The Hall–Kier alpha value is -4.77. The molecule has 0 aliphatic carbocycles. The van der Waals surface area contributed by atoms with Gasteiger partial charge in [-0.3, -0.25) is 4.79 Å². The van der Waals surface area contributed by atoms with Crippen molar-refractivity contribution in [3.05, 3.63) is 78.4 Å². The number of nitrogens with one attached hydrogen (secondary N) is 1. The number of nitrogens with two attached hydrogens (primary N) is 2. The molecule has 3 aromatic rings. The highest BCUT2D eigenvalue weighted by Gasteiger charge is 2.07. The predicted molar refractivity (Wildman–Crippen MR) is 131 cm³/mol. The molecule has 0 radical (unpaired) electrons. The molecule has 0 atom stereocenters. The summed E-state index contributed by atoms with van der Waals surface area (Å²) in [5.41, 5.74) is 15.7. The maximum atomic E-state index is 12.0. The van der Waals surface area contributed by atoms with Crippen LogP contribution in [0.25, 0.3) is 17.2 Å². The molecule has 3 rings (SSSR count). The molecule has 0 saturated carbocycles. The van der Waals surface area contributed by atoms with E-state index in [0.29, 0.717) is 29.2 Å². The Balaban J connectivity index is 1.41. The largest absolute Gasteiger partial charge is 0.463 e. The maximum absolute atomic E-state index is 12.0. The van der Waals surface area contributed by atoms with Crippen LogP contribution in [0.15, 0.2) is 72.8 Å². The van der Waals surface area contributed by atoms with Crippen molar-refractivity contribution in [3.63, 3.8) is 0 Å². The van der Waals surface area contributed by atoms with Crippen LogP contribution in [0.4, 0.5) is 17.1 Å². The molecule has 0 aliphatic rings. The zero-order chi connectivity index (χ0) is 24.3. The quantitative estimate of drug-likeness (QED) is 0.143. The number of carbonyl (C=O) groups is 2. The van der Waals surface area contributed by atoms with Gasteiger partial charge in [0.1, 0.15) is 5.75 Å². The third kappa shape index (κ3) is 7.14. The summed E-state index contributed by atoms with van der Waals surface area (Å²) in [6.45, 7) is 0.119. The molecule has 0 spiro atoms. The van der Waals surface area contributed by atoms with Crippen LogP contribution in [0, 0.1) is 11.5 Å². The molecule has 0 aliphatic heterocycles. The topological polar surface area (TPSA) is 140 Å². The number of benzene rings is 3. The van der Waals surface area contributed by atoms with Gasteiger partial charge in [0.2, 0.25) is 5.91 Å². The lowest BCUT2D eigenvalue weighted by atomic mass is 10.0. The lowest BCUT2D eigenvalue weighted by Crippen LogP contribution is -2.14. The van der Waals surface area contributed by atoms with Gasteiger partial charge in [0, 0.05) is 18.2 Å². The fourth-order valence-electron chi connectivity index (χ4n) is 3.07. The van der Waals surface area contributed by atoms with E-state index in [2.05, 4.69) is 5.32 Å². The molecular formula is C26H24N4O4. The van der Waals surface area contributed by atoms with Gasteiger partial charge in [-0.1, -0.05) is 36.4 Å². The summed E-state index contributed by atoms with van der Waals surface area (Å²) in [7, 11) is 0. The van der Waals surface area contributed by atoms with E-state index in [-0.39, 0.29) is 18.9 Å². The fraction of sp³-hybridized carbons (Fsp3) is 0.115. The fourth-order valence-corrected chi connectivity index (χ4v) is 3.07. The standard InChI is InChI=1S/C26H24N4O4/c27-17-34-22-11-8-20(9-12-22)19-6-3-18(4-7-19)5-14-26(32)33-15-1-2-25(31)30-24-16-21(28)10-13-23(24)29/h3-14,16H,1-2,15,28-29H2,(H,30,31)/b14-5+. The zero-order valence-corrected chi connectivity index (χ0v) is 18.4. The van der Waals surface area contributed by atoms with Gasteiger partial charge in [0.05, 0.1) is 18.0 Å². The number of nitrogens with zero attached hydrogens (tertiary/aromatic N) is 1. The van der Waals surface area contributed by atoms with Crippen molar-refractivity contribution in [2.75, 3.05) is 23.4 Å². The minimum Gasteiger partial charge on any atom is -0.463 e. The van der Waals surface area contributed by atoms with Gasteiger partial charge in [0.25, 0.3) is 6.26 Å². The van der Waals surface area contributed by atoms with Crippen molar-refractivity contribution in [2.45, 2.75) is 12.8 Å². The van der Waals surface area contributed by atoms with Crippen molar-refractivity contribution in [2.24, 2.45) is 0 Å². The Labute approximate surface area is 197 Å². The first-order chi connectivity index (χ1) is 16.4. The Morgan fingerprint density at radius 1 is 0.971 bits per heavy atom. The van der Waals surface area contributed by atoms with Crippen molar-refractivity contribution in [1.29, 1.82) is 5.26 Å². The number of hydrogen-bond acceptors (Lipinski definition) is 7. The number of hydrogen-bond donors (Lipinski definition) is 3. The van der Waals surface area contributed by atoms with Crippen LogP contribution in [0.3, 0.4) is 0 Å². The summed E-state index contributed by atoms with van der Waals surface area (Å²) in [6.07, 6.45) is 5.19. The summed E-state index contributed by atoms with van der Waals surface area (Å²) in [5.74, 6) is -0.245. The predicted octanol–water partition coefficient (Wildman–Crippen LogP) is 4.35. The number of ether oxygens (including phenoxy) is 2.